The van der Waals surface area contributed by atoms with Crippen molar-refractivity contribution in [1.29, 1.82) is 0 Å². The number of H-pyrrole nitrogens is 2. The Kier molecular flexibility index (Phi) is 4.56. The van der Waals surface area contributed by atoms with Gasteiger partial charge in [0.2, 0.25) is 0 Å². The Balaban J connectivity index is 0.000000247. The smallest absolute Gasteiger partial charge is 0.358 e. The molecule has 0 aliphatic carbocycles. The number of rotatable bonds is 1. The predicted molar refractivity (Wildman–Crippen MR) is 76.9 cm³/mol. The molecule has 4 N–H and O–H groups in total. The second kappa shape index (κ2) is 6.02. The minimum absolute atomic E-state index is 0.0798. The van der Waals surface area contributed by atoms with Gasteiger partial charge in [0.15, 0.2) is 6.33 Å². The van der Waals surface area contributed by atoms with E-state index in [1.54, 1.807) is 12.1 Å². The summed E-state index contributed by atoms with van der Waals surface area (Å²) < 4.78 is 11.8. The van der Waals surface area contributed by atoms with E-state index in [9.17, 15) is 4.57 Å². The lowest BCUT2D eigenvalue weighted by atomic mass is 10.2. The molecule has 0 atom stereocenters. The van der Waals surface area contributed by atoms with Crippen molar-refractivity contribution < 1.29 is 14.4 Å². The maximum absolute atomic E-state index is 11.2. The summed E-state index contributed by atoms with van der Waals surface area (Å²) >= 11 is 9.17. The molecular weight excluding hydrogens is 372 g/mol. The van der Waals surface area contributed by atoms with Crippen LogP contribution in [0.4, 0.5) is 0 Å². The normalized spacial score (nSPS) is 11.2. The second-order valence-corrected chi connectivity index (χ2v) is 6.36. The highest BCUT2D eigenvalue weighted by Crippen LogP contribution is 2.40. The van der Waals surface area contributed by atoms with E-state index >= 15 is 0 Å². The van der Waals surface area contributed by atoms with Gasteiger partial charge in [0.1, 0.15) is 0 Å². The van der Waals surface area contributed by atoms with Gasteiger partial charge in [-0.1, -0.05) is 16.8 Å². The molecule has 11 heteroatoms. The summed E-state index contributed by atoms with van der Waals surface area (Å²) in [6.07, 6.45) is 2.61. The lowest BCUT2D eigenvalue weighted by molar-refractivity contribution is 0.388. The minimum Gasteiger partial charge on any atom is -0.360 e. The Morgan fingerprint density at radius 1 is 1.35 bits per heavy atom. The van der Waals surface area contributed by atoms with Crippen LogP contribution < -0.4 is 5.30 Å². The van der Waals surface area contributed by atoms with Crippen molar-refractivity contribution in [3.05, 3.63) is 34.2 Å². The van der Waals surface area contributed by atoms with Gasteiger partial charge in [-0.2, -0.15) is 5.21 Å². The fourth-order valence-electron chi connectivity index (χ4n) is 1.50. The molecule has 3 rings (SSSR count). The summed E-state index contributed by atoms with van der Waals surface area (Å²) in [4.78, 5) is 21.0. The molecule has 0 fully saturated rings. The van der Waals surface area contributed by atoms with Crippen LogP contribution in [0, 0.1) is 0 Å². The van der Waals surface area contributed by atoms with Crippen LogP contribution in [0.5, 0.6) is 0 Å². The van der Waals surface area contributed by atoms with E-state index in [-0.39, 0.29) is 5.30 Å². The van der Waals surface area contributed by atoms with E-state index in [0.29, 0.717) is 20.4 Å². The first kappa shape index (κ1) is 15.1. The highest BCUT2D eigenvalue weighted by Gasteiger charge is 2.23. The van der Waals surface area contributed by atoms with E-state index < -0.39 is 7.60 Å². The van der Waals surface area contributed by atoms with E-state index in [1.165, 1.54) is 12.5 Å². The summed E-state index contributed by atoms with van der Waals surface area (Å²) in [6.45, 7) is 0. The number of nitrogens with one attached hydrogen (secondary N) is 2. The van der Waals surface area contributed by atoms with E-state index in [1.807, 2.05) is 0 Å². The van der Waals surface area contributed by atoms with Crippen LogP contribution in [0.25, 0.3) is 10.9 Å². The first-order valence-electron chi connectivity index (χ1n) is 5.09. The van der Waals surface area contributed by atoms with Crippen LogP contribution >= 0.6 is 35.1 Å². The maximum Gasteiger partial charge on any atom is 0.358 e. The van der Waals surface area contributed by atoms with Gasteiger partial charge in [0.05, 0.1) is 10.3 Å². The Bertz CT molecular complexity index is 739. The fraction of sp³-hybridized carbons (Fsp3) is 0. The van der Waals surface area contributed by atoms with Crippen LogP contribution in [0.1, 0.15) is 0 Å². The molecule has 0 saturated heterocycles. The molecule has 8 nitrogen and oxygen atoms in total. The zero-order chi connectivity index (χ0) is 14.8. The van der Waals surface area contributed by atoms with E-state index in [0.717, 1.165) is 0 Å². The van der Waals surface area contributed by atoms with Gasteiger partial charge >= 0.3 is 7.60 Å². The lowest BCUT2D eigenvalue weighted by Gasteiger charge is -2.03. The number of aromatic nitrogens is 5. The van der Waals surface area contributed by atoms with Gasteiger partial charge in [0.25, 0.3) is 0 Å². The molecule has 0 radical (unpaired) electrons. The van der Waals surface area contributed by atoms with E-state index in [2.05, 4.69) is 41.5 Å². The summed E-state index contributed by atoms with van der Waals surface area (Å²) in [7, 11) is -4.30. The summed E-state index contributed by atoms with van der Waals surface area (Å²) in [5, 5.41) is 12.7. The molecule has 3 aromatic rings. The van der Waals surface area contributed by atoms with Crippen LogP contribution in [-0.2, 0) is 4.57 Å². The molecule has 2 aromatic heterocycles. The fourth-order valence-corrected chi connectivity index (χ4v) is 2.92. The van der Waals surface area contributed by atoms with Crippen molar-refractivity contribution in [3.8, 4) is 0 Å². The van der Waals surface area contributed by atoms with Crippen LogP contribution in [0.3, 0.4) is 0 Å². The number of nitrogens with zero attached hydrogens (tertiary/aromatic N) is 3. The van der Waals surface area contributed by atoms with Crippen LogP contribution in [0.2, 0.25) is 5.02 Å². The molecule has 0 spiro atoms. The van der Waals surface area contributed by atoms with Gasteiger partial charge in [-0.25, -0.2) is 0 Å². The Morgan fingerprint density at radius 3 is 2.60 bits per heavy atom. The van der Waals surface area contributed by atoms with Crippen molar-refractivity contribution in [2.75, 3.05) is 0 Å². The molecule has 0 aliphatic heterocycles. The molecule has 1 aromatic carbocycles. The van der Waals surface area contributed by atoms with Gasteiger partial charge in [-0.15, -0.1) is 10.2 Å². The third-order valence-corrected chi connectivity index (χ3v) is 4.56. The first-order chi connectivity index (χ1) is 9.41. The van der Waals surface area contributed by atoms with Crippen molar-refractivity contribution in [1.82, 2.24) is 25.6 Å². The second-order valence-electron chi connectivity index (χ2n) is 3.56. The number of hydrogen-bond acceptors (Lipinski definition) is 4. The zero-order valence-electron chi connectivity index (χ0n) is 9.66. The SMILES string of the molecule is O=P(O)(O)c1c[nH]c2ccc(Br)c(Cl)c12.c1nn[nH]n1. The zero-order valence-corrected chi connectivity index (χ0v) is 12.9. The largest absolute Gasteiger partial charge is 0.360 e. The highest BCUT2D eigenvalue weighted by molar-refractivity contribution is 9.10. The van der Waals surface area contributed by atoms with E-state index in [4.69, 9.17) is 21.4 Å². The molecule has 106 valence electrons. The standard InChI is InChI=1S/C8H6BrClNO3P.CH2N4/c9-4-1-2-5-7(8(4)10)6(3-11-5)15(12,13)14;1-2-4-5-3-1/h1-3,11H,(H2,12,13,14);1H,(H,2,3,4,5). The number of halogens is 2. The molecule has 0 unspecified atom stereocenters. The molecule has 0 saturated carbocycles. The summed E-state index contributed by atoms with van der Waals surface area (Å²) in [5.74, 6) is 0. The predicted octanol–water partition coefficient (Wildman–Crippen LogP) is 1.59. The van der Waals surface area contributed by atoms with Crippen LogP contribution in [-0.4, -0.2) is 35.4 Å². The Labute approximate surface area is 125 Å². The third-order valence-electron chi connectivity index (χ3n) is 2.30. The highest BCUT2D eigenvalue weighted by atomic mass is 79.9. The number of fused-ring (bicyclic) bond motifs is 1. The Morgan fingerprint density at radius 2 is 2.10 bits per heavy atom. The molecule has 20 heavy (non-hydrogen) atoms. The van der Waals surface area contributed by atoms with Crippen molar-refractivity contribution in [2.24, 2.45) is 0 Å². The lowest BCUT2D eigenvalue weighted by Crippen LogP contribution is -2.01. The van der Waals surface area contributed by atoms with Crippen molar-refractivity contribution in [3.63, 3.8) is 0 Å². The third kappa shape index (κ3) is 3.25. The quantitative estimate of drug-likeness (QED) is 0.475. The van der Waals surface area contributed by atoms with Crippen LogP contribution in [0.15, 0.2) is 29.1 Å². The minimum atomic E-state index is -4.30. The summed E-state index contributed by atoms with van der Waals surface area (Å²) in [5.41, 5.74) is 0.599. The van der Waals surface area contributed by atoms with Crippen molar-refractivity contribution >= 4 is 51.3 Å². The van der Waals surface area contributed by atoms with Crippen molar-refractivity contribution in [2.45, 2.75) is 0 Å². The maximum atomic E-state index is 11.2. The number of aromatic amines is 2. The topological polar surface area (TPSA) is 128 Å². The Hall–Kier alpha value is -1.25. The van der Waals surface area contributed by atoms with Gasteiger partial charge in [-0.3, -0.25) is 4.57 Å². The molecule has 0 bridgehead atoms. The average Bonchev–Trinajstić information content (AvgIpc) is 3.04. The molecule has 0 aliphatic rings. The molecular formula is C9H8BrClN5O3P. The molecule has 2 heterocycles. The number of tetrazole rings is 1. The number of hydrogen-bond donors (Lipinski definition) is 4. The first-order valence-corrected chi connectivity index (χ1v) is 7.87. The number of benzene rings is 1. The molecule has 0 amide bonds. The summed E-state index contributed by atoms with van der Waals surface area (Å²) in [6, 6.07) is 3.41. The van der Waals surface area contributed by atoms with Gasteiger partial charge < -0.3 is 14.8 Å². The van der Waals surface area contributed by atoms with Gasteiger partial charge in [0, 0.05) is 21.6 Å². The van der Waals surface area contributed by atoms with Gasteiger partial charge in [-0.05, 0) is 28.1 Å². The average molecular weight is 381 g/mol. The monoisotopic (exact) mass is 379 g/mol.